The topological polar surface area (TPSA) is 49.8 Å². The van der Waals surface area contributed by atoms with Gasteiger partial charge in [0.1, 0.15) is 5.75 Å². The van der Waals surface area contributed by atoms with E-state index in [4.69, 9.17) is 9.84 Å². The number of hydrogen-bond donors (Lipinski definition) is 1. The SMILES string of the molecule is COc1cc(Br)ccc1C(=O)N1CCC(CO)C1. The highest BCUT2D eigenvalue weighted by atomic mass is 79.9. The van der Waals surface area contributed by atoms with Crippen molar-refractivity contribution in [2.75, 3.05) is 26.8 Å². The number of benzene rings is 1. The number of amides is 1. The first-order valence-electron chi connectivity index (χ1n) is 5.89. The normalized spacial score (nSPS) is 19.1. The molecule has 1 amide bonds. The number of methoxy groups -OCH3 is 1. The average molecular weight is 314 g/mol. The molecule has 18 heavy (non-hydrogen) atoms. The van der Waals surface area contributed by atoms with Crippen LogP contribution in [-0.4, -0.2) is 42.7 Å². The van der Waals surface area contributed by atoms with Crippen molar-refractivity contribution in [3.63, 3.8) is 0 Å². The summed E-state index contributed by atoms with van der Waals surface area (Å²) >= 11 is 3.35. The maximum atomic E-state index is 12.3. The fourth-order valence-corrected chi connectivity index (χ4v) is 2.52. The van der Waals surface area contributed by atoms with Crippen molar-refractivity contribution in [3.8, 4) is 5.75 Å². The van der Waals surface area contributed by atoms with Crippen LogP contribution >= 0.6 is 15.9 Å². The van der Waals surface area contributed by atoms with Gasteiger partial charge in [-0.05, 0) is 24.6 Å². The van der Waals surface area contributed by atoms with Gasteiger partial charge >= 0.3 is 0 Å². The molecule has 1 heterocycles. The Hall–Kier alpha value is -1.07. The minimum Gasteiger partial charge on any atom is -0.496 e. The summed E-state index contributed by atoms with van der Waals surface area (Å²) in [6.07, 6.45) is 0.862. The zero-order valence-corrected chi connectivity index (χ0v) is 11.8. The van der Waals surface area contributed by atoms with Gasteiger partial charge in [0, 0.05) is 30.1 Å². The standard InChI is InChI=1S/C13H16BrNO3/c1-18-12-6-10(14)2-3-11(12)13(17)15-5-4-9(7-15)8-16/h2-3,6,9,16H,4-5,7-8H2,1H3. The van der Waals surface area contributed by atoms with E-state index in [1.54, 1.807) is 24.1 Å². The van der Waals surface area contributed by atoms with Gasteiger partial charge in [0.2, 0.25) is 0 Å². The van der Waals surface area contributed by atoms with Crippen LogP contribution in [0, 0.1) is 5.92 Å². The summed E-state index contributed by atoms with van der Waals surface area (Å²) in [7, 11) is 1.55. The van der Waals surface area contributed by atoms with Crippen LogP contribution in [0.3, 0.4) is 0 Å². The number of ether oxygens (including phenoxy) is 1. The second-order valence-electron chi connectivity index (χ2n) is 4.43. The molecule has 0 saturated carbocycles. The van der Waals surface area contributed by atoms with Crippen LogP contribution in [0.1, 0.15) is 16.8 Å². The minimum absolute atomic E-state index is 0.0321. The minimum atomic E-state index is -0.0321. The highest BCUT2D eigenvalue weighted by Gasteiger charge is 2.27. The summed E-state index contributed by atoms with van der Waals surface area (Å²) < 4.78 is 6.11. The third-order valence-corrected chi connectivity index (χ3v) is 3.72. The van der Waals surface area contributed by atoms with E-state index in [2.05, 4.69) is 15.9 Å². The Morgan fingerprint density at radius 1 is 1.61 bits per heavy atom. The number of carbonyl (C=O) groups excluding carboxylic acids is 1. The first-order valence-corrected chi connectivity index (χ1v) is 6.68. The first kappa shape index (κ1) is 13.4. The van der Waals surface area contributed by atoms with Crippen molar-refractivity contribution in [1.29, 1.82) is 0 Å². The summed E-state index contributed by atoms with van der Waals surface area (Å²) in [6.45, 7) is 1.46. The monoisotopic (exact) mass is 313 g/mol. The molecule has 1 saturated heterocycles. The van der Waals surface area contributed by atoms with Crippen molar-refractivity contribution in [2.24, 2.45) is 5.92 Å². The van der Waals surface area contributed by atoms with E-state index >= 15 is 0 Å². The van der Waals surface area contributed by atoms with Gasteiger partial charge in [-0.2, -0.15) is 0 Å². The maximum Gasteiger partial charge on any atom is 0.257 e. The molecule has 0 aliphatic carbocycles. The number of hydrogen-bond acceptors (Lipinski definition) is 3. The van der Waals surface area contributed by atoms with Crippen LogP contribution < -0.4 is 4.74 Å². The molecule has 1 fully saturated rings. The van der Waals surface area contributed by atoms with Crippen molar-refractivity contribution >= 4 is 21.8 Å². The van der Waals surface area contributed by atoms with Gasteiger partial charge in [0.25, 0.3) is 5.91 Å². The Labute approximate surface area is 115 Å². The first-order chi connectivity index (χ1) is 8.65. The molecule has 1 aromatic carbocycles. The number of halogens is 1. The molecule has 4 nitrogen and oxygen atoms in total. The molecule has 0 radical (unpaired) electrons. The van der Waals surface area contributed by atoms with Gasteiger partial charge in [-0.3, -0.25) is 4.79 Å². The predicted octanol–water partition coefficient (Wildman–Crippen LogP) is 1.91. The van der Waals surface area contributed by atoms with E-state index in [1.807, 2.05) is 6.07 Å². The molecule has 1 unspecified atom stereocenters. The van der Waals surface area contributed by atoms with Crippen LogP contribution in [0.25, 0.3) is 0 Å². The van der Waals surface area contributed by atoms with Crippen molar-refractivity contribution < 1.29 is 14.6 Å². The Balaban J connectivity index is 2.19. The molecule has 1 aromatic rings. The maximum absolute atomic E-state index is 12.3. The van der Waals surface area contributed by atoms with E-state index in [-0.39, 0.29) is 18.4 Å². The number of likely N-dealkylation sites (tertiary alicyclic amines) is 1. The average Bonchev–Trinajstić information content (AvgIpc) is 2.86. The molecular weight excluding hydrogens is 298 g/mol. The highest BCUT2D eigenvalue weighted by molar-refractivity contribution is 9.10. The number of carbonyl (C=O) groups is 1. The van der Waals surface area contributed by atoms with Gasteiger partial charge < -0.3 is 14.7 Å². The lowest BCUT2D eigenvalue weighted by Crippen LogP contribution is -2.29. The summed E-state index contributed by atoms with van der Waals surface area (Å²) in [6, 6.07) is 5.37. The summed E-state index contributed by atoms with van der Waals surface area (Å²) in [5.41, 5.74) is 0.569. The van der Waals surface area contributed by atoms with Crippen LogP contribution in [-0.2, 0) is 0 Å². The van der Waals surface area contributed by atoms with Crippen LogP contribution in [0.5, 0.6) is 5.75 Å². The third kappa shape index (κ3) is 2.67. The smallest absolute Gasteiger partial charge is 0.257 e. The van der Waals surface area contributed by atoms with E-state index in [0.29, 0.717) is 24.4 Å². The quantitative estimate of drug-likeness (QED) is 0.927. The van der Waals surface area contributed by atoms with Crippen molar-refractivity contribution in [2.45, 2.75) is 6.42 Å². The lowest BCUT2D eigenvalue weighted by molar-refractivity contribution is 0.0778. The van der Waals surface area contributed by atoms with Gasteiger partial charge in [0.15, 0.2) is 0 Å². The largest absolute Gasteiger partial charge is 0.496 e. The fourth-order valence-electron chi connectivity index (χ4n) is 2.18. The molecule has 0 aromatic heterocycles. The van der Waals surface area contributed by atoms with Crippen LogP contribution in [0.2, 0.25) is 0 Å². The summed E-state index contributed by atoms with van der Waals surface area (Å²) in [5.74, 6) is 0.743. The molecule has 1 aliphatic heterocycles. The zero-order chi connectivity index (χ0) is 13.1. The van der Waals surface area contributed by atoms with Crippen LogP contribution in [0.15, 0.2) is 22.7 Å². The van der Waals surface area contributed by atoms with Gasteiger partial charge in [-0.15, -0.1) is 0 Å². The van der Waals surface area contributed by atoms with Crippen molar-refractivity contribution in [3.05, 3.63) is 28.2 Å². The lowest BCUT2D eigenvalue weighted by Gasteiger charge is -2.18. The fraction of sp³-hybridized carbons (Fsp3) is 0.462. The Bertz CT molecular complexity index is 450. The third-order valence-electron chi connectivity index (χ3n) is 3.23. The molecule has 1 N–H and O–H groups in total. The Morgan fingerprint density at radius 2 is 2.39 bits per heavy atom. The Morgan fingerprint density at radius 3 is 3.00 bits per heavy atom. The van der Waals surface area contributed by atoms with E-state index in [9.17, 15) is 4.79 Å². The number of nitrogens with zero attached hydrogens (tertiary/aromatic N) is 1. The Kier molecular flexibility index (Phi) is 4.24. The van der Waals surface area contributed by atoms with Crippen LogP contribution in [0.4, 0.5) is 0 Å². The second kappa shape index (κ2) is 5.71. The molecule has 0 spiro atoms. The van der Waals surface area contributed by atoms with Gasteiger partial charge in [-0.25, -0.2) is 0 Å². The van der Waals surface area contributed by atoms with Gasteiger partial charge in [0.05, 0.1) is 12.7 Å². The predicted molar refractivity (Wildman–Crippen MR) is 71.8 cm³/mol. The number of rotatable bonds is 3. The van der Waals surface area contributed by atoms with E-state index in [0.717, 1.165) is 10.9 Å². The number of aliphatic hydroxyl groups excluding tert-OH is 1. The highest BCUT2D eigenvalue weighted by Crippen LogP contribution is 2.26. The molecule has 1 atom stereocenters. The van der Waals surface area contributed by atoms with Gasteiger partial charge in [-0.1, -0.05) is 15.9 Å². The van der Waals surface area contributed by atoms with E-state index < -0.39 is 0 Å². The molecule has 1 aliphatic rings. The summed E-state index contributed by atoms with van der Waals surface area (Å²) in [5, 5.41) is 9.10. The number of aliphatic hydroxyl groups is 1. The lowest BCUT2D eigenvalue weighted by atomic mass is 10.1. The van der Waals surface area contributed by atoms with Crippen molar-refractivity contribution in [1.82, 2.24) is 4.90 Å². The second-order valence-corrected chi connectivity index (χ2v) is 5.35. The van der Waals surface area contributed by atoms with E-state index in [1.165, 1.54) is 0 Å². The zero-order valence-electron chi connectivity index (χ0n) is 10.2. The molecule has 2 rings (SSSR count). The summed E-state index contributed by atoms with van der Waals surface area (Å²) in [4.78, 5) is 14.1. The molecule has 0 bridgehead atoms. The molecule has 98 valence electrons. The molecule has 5 heteroatoms. The molecular formula is C13H16BrNO3.